The van der Waals surface area contributed by atoms with Crippen molar-refractivity contribution >= 4 is 57.2 Å². The van der Waals surface area contributed by atoms with Crippen LogP contribution in [0.3, 0.4) is 0 Å². The first-order valence-corrected chi connectivity index (χ1v) is 12.0. The average Bonchev–Trinajstić information content (AvgIpc) is 3.19. The van der Waals surface area contributed by atoms with Crippen LogP contribution in [0.15, 0.2) is 96.7 Å². The number of rotatable bonds is 0. The second-order valence-corrected chi connectivity index (χ2v) is 9.26. The Morgan fingerprint density at radius 3 is 1.15 bits per heavy atom. The van der Waals surface area contributed by atoms with Crippen molar-refractivity contribution in [1.82, 2.24) is 9.97 Å². The number of para-hydroxylation sites is 4. The predicted octanol–water partition coefficient (Wildman–Crippen LogP) is 3.09. The van der Waals surface area contributed by atoms with E-state index < -0.39 is 110 Å². The van der Waals surface area contributed by atoms with Crippen molar-refractivity contribution in [3.8, 4) is 46.3 Å². The highest BCUT2D eigenvalue weighted by Crippen LogP contribution is 2.43. The van der Waals surface area contributed by atoms with Crippen LogP contribution in [0.1, 0.15) is 21.9 Å². The van der Waals surface area contributed by atoms with Crippen LogP contribution in [0.2, 0.25) is 0 Å². The van der Waals surface area contributed by atoms with Gasteiger partial charge >= 0.3 is 0 Å². The molecule has 8 heteroatoms. The lowest BCUT2D eigenvalue weighted by Gasteiger charge is -2.35. The van der Waals surface area contributed by atoms with Gasteiger partial charge in [0.25, 0.3) is 13.4 Å². The normalized spacial score (nSPS) is 19.8. The monoisotopic (exact) mass is 546 g/mol. The lowest BCUT2D eigenvalue weighted by atomic mass is 9.34. The fraction of sp³-hybridized carbons (Fsp3) is 0. The van der Waals surface area contributed by atoms with E-state index in [4.69, 9.17) is 50.8 Å². The van der Waals surface area contributed by atoms with Gasteiger partial charge in [0.15, 0.2) is 11.5 Å². The van der Waals surface area contributed by atoms with Gasteiger partial charge in [-0.25, -0.2) is 9.97 Å². The molecule has 0 N–H and O–H groups in total. The van der Waals surface area contributed by atoms with Gasteiger partial charge in [-0.05, 0) is 46.0 Å². The van der Waals surface area contributed by atoms with Crippen molar-refractivity contribution < 1.29 is 40.9 Å². The maximum absolute atomic E-state index is 8.90. The van der Waals surface area contributed by atoms with E-state index in [1.54, 1.807) is 0 Å². The van der Waals surface area contributed by atoms with Crippen LogP contribution in [0, 0.1) is 0 Å². The van der Waals surface area contributed by atoms with Crippen molar-refractivity contribution in [2.24, 2.45) is 0 Å². The first-order chi connectivity index (χ1) is 26.5. The van der Waals surface area contributed by atoms with E-state index in [-0.39, 0.29) is 90.1 Å². The quantitative estimate of drug-likeness (QED) is 0.273. The first-order valence-electron chi connectivity index (χ1n) is 20.0. The summed E-state index contributed by atoms with van der Waals surface area (Å²) in [5, 5.41) is 0. The third-order valence-electron chi connectivity index (χ3n) is 7.29. The van der Waals surface area contributed by atoms with Crippen molar-refractivity contribution in [3.63, 3.8) is 0 Å². The molecule has 0 aliphatic carbocycles. The molecule has 0 fully saturated rings. The zero-order valence-corrected chi connectivity index (χ0v) is 19.7. The summed E-state index contributed by atoms with van der Waals surface area (Å²) in [6.07, 6.45) is 0. The van der Waals surface area contributed by atoms with Crippen LogP contribution in [-0.2, 0) is 0 Å². The maximum atomic E-state index is 8.90. The molecule has 0 spiro atoms. The van der Waals surface area contributed by atoms with Crippen LogP contribution in [0.5, 0.6) is 46.3 Å². The largest absolute Gasteiger partial charge is 0.456 e. The van der Waals surface area contributed by atoms with Crippen LogP contribution < -0.4 is 51.7 Å². The summed E-state index contributed by atoms with van der Waals surface area (Å²) >= 11 is 0. The highest BCUT2D eigenvalue weighted by molar-refractivity contribution is 6.99. The number of fused-ring (bicyclic) bond motifs is 11. The Labute approximate surface area is 251 Å². The van der Waals surface area contributed by atoms with Gasteiger partial charge < -0.3 is 18.9 Å². The molecule has 2 aromatic heterocycles. The molecule has 4 aliphatic heterocycles. The summed E-state index contributed by atoms with van der Waals surface area (Å²) in [4.78, 5) is 9.40. The van der Waals surface area contributed by atoms with Crippen molar-refractivity contribution in [3.05, 3.63) is 96.7 Å². The van der Waals surface area contributed by atoms with Gasteiger partial charge in [-0.2, -0.15) is 0 Å². The topological polar surface area (TPSA) is 62.7 Å². The predicted molar refractivity (Wildman–Crippen MR) is 155 cm³/mol. The smallest absolute Gasteiger partial charge is 0.262 e. The number of hydrogen-bond donors (Lipinski definition) is 0. The van der Waals surface area contributed by atoms with Crippen molar-refractivity contribution in [2.45, 2.75) is 0 Å². The Kier molecular flexibility index (Phi) is 2.01. The molecule has 0 radical (unpaired) electrons. The highest BCUT2D eigenvalue weighted by atomic mass is 16.5. The average molecular weight is 546 g/mol. The first kappa shape index (κ1) is 11.1. The Morgan fingerprint density at radius 1 is 0.450 bits per heavy atom. The van der Waals surface area contributed by atoms with Gasteiger partial charge in [-0.3, -0.25) is 0 Å². The molecule has 4 aromatic carbocycles. The number of aromatic nitrogens is 2. The fourth-order valence-corrected chi connectivity index (χ4v) is 5.71. The molecule has 6 nitrogen and oxygen atoms in total. The zero-order chi connectivity index (χ0) is 39.9. The fourth-order valence-electron chi connectivity index (χ4n) is 5.71. The summed E-state index contributed by atoms with van der Waals surface area (Å²) in [6, 6.07) is -9.83. The Bertz CT molecular complexity index is 2750. The molecule has 40 heavy (non-hydrogen) atoms. The molecular formula is C32H16B2N2O4. The number of benzene rings is 4. The molecule has 0 saturated carbocycles. The lowest BCUT2D eigenvalue weighted by Crippen LogP contribution is -2.58. The summed E-state index contributed by atoms with van der Waals surface area (Å²) in [5.74, 6) is -2.67. The molecule has 0 atom stereocenters. The van der Waals surface area contributed by atoms with E-state index in [1.807, 2.05) is 0 Å². The summed E-state index contributed by atoms with van der Waals surface area (Å²) < 4.78 is 163. The van der Waals surface area contributed by atoms with E-state index in [1.165, 1.54) is 0 Å². The second-order valence-electron chi connectivity index (χ2n) is 9.26. The summed E-state index contributed by atoms with van der Waals surface area (Å²) in [5.41, 5.74) is -1.13. The number of pyridine rings is 2. The SMILES string of the molecule is [3H]c1c([3H])c([3H])c2c(c1[3H])Oc1nc3c4c5c(nc3c3c1B2c1c([3H])c([3H])c([3H])c([3H])c1O3)Oc1c([3H])c([3H])c([3H])c([3H])c1B5c1c([3H])c([3H])c([3H])c([3H])c1O4. The van der Waals surface area contributed by atoms with Gasteiger partial charge in [-0.1, -0.05) is 72.5 Å². The molecule has 6 heterocycles. The number of hydrogen-bond acceptors (Lipinski definition) is 6. The molecule has 0 amide bonds. The van der Waals surface area contributed by atoms with Gasteiger partial charge in [0, 0.05) is 10.9 Å². The molecule has 10 rings (SSSR count). The Hall–Kier alpha value is -5.23. The van der Waals surface area contributed by atoms with Gasteiger partial charge in [0.05, 0.1) is 21.9 Å². The molecule has 6 aromatic rings. The van der Waals surface area contributed by atoms with Crippen LogP contribution in [-0.4, -0.2) is 23.4 Å². The van der Waals surface area contributed by atoms with E-state index in [0.717, 1.165) is 0 Å². The molecule has 4 aliphatic rings. The third-order valence-corrected chi connectivity index (χ3v) is 7.29. The maximum Gasteiger partial charge on any atom is 0.262 e. The van der Waals surface area contributed by atoms with E-state index in [9.17, 15) is 0 Å². The van der Waals surface area contributed by atoms with Gasteiger partial charge in [-0.15, -0.1) is 0 Å². The van der Waals surface area contributed by atoms with Crippen LogP contribution in [0.25, 0.3) is 11.0 Å². The third kappa shape index (κ3) is 2.51. The second kappa shape index (κ2) is 7.24. The molecule has 184 valence electrons. The minimum atomic E-state index is -1.38. The van der Waals surface area contributed by atoms with Gasteiger partial charge in [0.2, 0.25) is 11.8 Å². The van der Waals surface area contributed by atoms with Gasteiger partial charge in [0.1, 0.15) is 34.0 Å². The molecular weight excluding hydrogens is 498 g/mol. The zero-order valence-electron chi connectivity index (χ0n) is 35.7. The van der Waals surface area contributed by atoms with E-state index in [2.05, 4.69) is 0 Å². The number of ether oxygens (including phenoxy) is 4. The standard InChI is InChI=1S/C32H16B2N2O4/c1-5-13-21-17(9-1)33-19-11-3-7-15-23(19)39-31-25(33)29(37-21)27-28(35-31)30-26-32(36-27)40-24-16-8-4-12-20(24)34(26)18-10-2-6-14-22(18)38-30/h1-16H/i1T,2T,3T,4T,5T,6T,7T,8T,9T,10T,11T,12T,13T,14T,15T,16T. The summed E-state index contributed by atoms with van der Waals surface area (Å²) in [7, 11) is 0. The van der Waals surface area contributed by atoms with Crippen LogP contribution >= 0.6 is 0 Å². The lowest BCUT2D eigenvalue weighted by molar-refractivity contribution is 0.443. The minimum absolute atomic E-state index is 0.0278. The minimum Gasteiger partial charge on any atom is -0.456 e. The Morgan fingerprint density at radius 2 is 0.775 bits per heavy atom. The van der Waals surface area contributed by atoms with E-state index >= 15 is 0 Å². The van der Waals surface area contributed by atoms with E-state index in [0.29, 0.717) is 0 Å². The molecule has 0 saturated heterocycles. The van der Waals surface area contributed by atoms with Crippen molar-refractivity contribution in [1.29, 1.82) is 0 Å². The Balaban J connectivity index is 1.37. The molecule has 0 bridgehead atoms. The highest BCUT2D eigenvalue weighted by Gasteiger charge is 2.46. The summed E-state index contributed by atoms with van der Waals surface area (Å²) in [6.45, 7) is -2.76. The van der Waals surface area contributed by atoms with Crippen LogP contribution in [0.4, 0.5) is 0 Å². The number of nitrogens with zero attached hydrogens (tertiary/aromatic N) is 2. The molecule has 0 unspecified atom stereocenters. The van der Waals surface area contributed by atoms with Crippen molar-refractivity contribution in [2.75, 3.05) is 0 Å².